The van der Waals surface area contributed by atoms with Gasteiger partial charge in [-0.2, -0.15) is 8.75 Å². The normalized spacial score (nSPS) is 14.7. The van der Waals surface area contributed by atoms with Gasteiger partial charge >= 0.3 is 0 Å². The molecule has 0 aliphatic rings. The lowest BCUT2D eigenvalue weighted by Crippen LogP contribution is -2.41. The van der Waals surface area contributed by atoms with Gasteiger partial charge in [0.25, 0.3) is 0 Å². The highest BCUT2D eigenvalue weighted by Gasteiger charge is 2.27. The van der Waals surface area contributed by atoms with Crippen molar-refractivity contribution in [3.05, 3.63) is 18.2 Å². The largest absolute Gasteiger partial charge is 0.243 e. The summed E-state index contributed by atoms with van der Waals surface area (Å²) in [4.78, 5) is 0.190. The molecular formula is C12H17N3O2S2. The first kappa shape index (κ1) is 14.4. The van der Waals surface area contributed by atoms with Crippen LogP contribution in [0, 0.1) is 5.41 Å². The monoisotopic (exact) mass is 299 g/mol. The minimum absolute atomic E-state index is 0.151. The van der Waals surface area contributed by atoms with Crippen molar-refractivity contribution in [2.75, 3.05) is 0 Å². The third-order valence-electron chi connectivity index (χ3n) is 3.17. The van der Waals surface area contributed by atoms with Crippen LogP contribution in [0.15, 0.2) is 23.1 Å². The highest BCUT2D eigenvalue weighted by atomic mass is 32.2. The van der Waals surface area contributed by atoms with Crippen molar-refractivity contribution in [3.8, 4) is 0 Å². The summed E-state index contributed by atoms with van der Waals surface area (Å²) in [6.45, 7) is 7.83. The lowest BCUT2D eigenvalue weighted by molar-refractivity contribution is 0.318. The second-order valence-corrected chi connectivity index (χ2v) is 7.81. The minimum atomic E-state index is -3.58. The van der Waals surface area contributed by atoms with Crippen molar-refractivity contribution in [3.63, 3.8) is 0 Å². The molecular weight excluding hydrogens is 282 g/mol. The lowest BCUT2D eigenvalue weighted by Gasteiger charge is -2.27. The van der Waals surface area contributed by atoms with Gasteiger partial charge in [0.1, 0.15) is 15.9 Å². The van der Waals surface area contributed by atoms with Crippen LogP contribution in [-0.2, 0) is 10.0 Å². The minimum Gasteiger partial charge on any atom is -0.208 e. The van der Waals surface area contributed by atoms with Crippen molar-refractivity contribution < 1.29 is 8.42 Å². The third-order valence-corrected chi connectivity index (χ3v) is 5.28. The predicted octanol–water partition coefficient (Wildman–Crippen LogP) is 2.40. The molecule has 0 radical (unpaired) electrons. The van der Waals surface area contributed by atoms with E-state index in [1.54, 1.807) is 18.2 Å². The van der Waals surface area contributed by atoms with E-state index in [0.29, 0.717) is 11.0 Å². The van der Waals surface area contributed by atoms with Gasteiger partial charge in [0.05, 0.1) is 11.7 Å². The molecule has 0 amide bonds. The number of benzene rings is 1. The maximum atomic E-state index is 12.4. The van der Waals surface area contributed by atoms with Crippen molar-refractivity contribution in [1.82, 2.24) is 13.5 Å². The first-order valence-electron chi connectivity index (χ1n) is 5.95. The summed E-state index contributed by atoms with van der Waals surface area (Å²) in [5.74, 6) is 0. The van der Waals surface area contributed by atoms with Crippen molar-refractivity contribution >= 4 is 32.8 Å². The average molecular weight is 299 g/mol. The van der Waals surface area contributed by atoms with Gasteiger partial charge in [-0.1, -0.05) is 26.8 Å². The highest BCUT2D eigenvalue weighted by Crippen LogP contribution is 2.24. The number of sulfonamides is 1. The van der Waals surface area contributed by atoms with Crippen molar-refractivity contribution in [2.45, 2.75) is 38.6 Å². The van der Waals surface area contributed by atoms with E-state index in [0.717, 1.165) is 11.7 Å². The molecule has 0 saturated carbocycles. The van der Waals surface area contributed by atoms with E-state index in [2.05, 4.69) is 13.5 Å². The average Bonchev–Trinajstić information content (AvgIpc) is 2.74. The molecule has 1 aromatic heterocycles. The molecule has 104 valence electrons. The molecule has 1 unspecified atom stereocenters. The Morgan fingerprint density at radius 3 is 2.58 bits per heavy atom. The lowest BCUT2D eigenvalue weighted by atomic mass is 9.89. The van der Waals surface area contributed by atoms with Gasteiger partial charge in [0.2, 0.25) is 10.0 Å². The summed E-state index contributed by atoms with van der Waals surface area (Å²) in [6.07, 6.45) is 0. The Bertz CT molecular complexity index is 686. The summed E-state index contributed by atoms with van der Waals surface area (Å²) in [7, 11) is -3.58. The summed E-state index contributed by atoms with van der Waals surface area (Å²) in [6, 6.07) is 4.81. The van der Waals surface area contributed by atoms with E-state index >= 15 is 0 Å². The van der Waals surface area contributed by atoms with E-state index in [4.69, 9.17) is 0 Å². The van der Waals surface area contributed by atoms with Crippen LogP contribution in [0.2, 0.25) is 0 Å². The molecule has 5 nitrogen and oxygen atoms in total. The zero-order valence-electron chi connectivity index (χ0n) is 11.3. The smallest absolute Gasteiger partial charge is 0.208 e. The van der Waals surface area contributed by atoms with Crippen LogP contribution in [0.25, 0.3) is 11.0 Å². The van der Waals surface area contributed by atoms with E-state index < -0.39 is 10.0 Å². The molecule has 1 heterocycles. The molecule has 2 rings (SSSR count). The molecule has 0 bridgehead atoms. The number of nitrogens with one attached hydrogen (secondary N) is 1. The Morgan fingerprint density at radius 2 is 1.95 bits per heavy atom. The van der Waals surface area contributed by atoms with Crippen LogP contribution in [0.4, 0.5) is 0 Å². The van der Waals surface area contributed by atoms with Crippen LogP contribution < -0.4 is 4.72 Å². The molecule has 19 heavy (non-hydrogen) atoms. The molecule has 1 aromatic carbocycles. The second kappa shape index (κ2) is 4.81. The summed E-state index contributed by atoms with van der Waals surface area (Å²) in [5, 5.41) is 0. The van der Waals surface area contributed by atoms with E-state index in [-0.39, 0.29) is 16.4 Å². The maximum Gasteiger partial charge on any atom is 0.243 e. The highest BCUT2D eigenvalue weighted by molar-refractivity contribution is 7.89. The first-order valence-corrected chi connectivity index (χ1v) is 8.17. The summed E-state index contributed by atoms with van der Waals surface area (Å²) >= 11 is 1.02. The van der Waals surface area contributed by atoms with E-state index in [9.17, 15) is 8.42 Å². The van der Waals surface area contributed by atoms with Gasteiger partial charge in [0.15, 0.2) is 0 Å². The zero-order chi connectivity index (χ0) is 14.3. The Kier molecular flexibility index (Phi) is 3.63. The standard InChI is InChI=1S/C12H17N3O2S2/c1-8(12(2,3)4)15-19(16,17)10-7-5-6-9-11(10)14-18-13-9/h5-8,15H,1-4H3. The zero-order valence-corrected chi connectivity index (χ0v) is 13.0. The van der Waals surface area contributed by atoms with Gasteiger partial charge in [0, 0.05) is 6.04 Å². The van der Waals surface area contributed by atoms with Gasteiger partial charge in [-0.15, -0.1) is 0 Å². The number of hydrogen-bond donors (Lipinski definition) is 1. The second-order valence-electron chi connectivity index (χ2n) is 5.60. The van der Waals surface area contributed by atoms with E-state index in [1.807, 2.05) is 27.7 Å². The molecule has 7 heteroatoms. The van der Waals surface area contributed by atoms with Crippen LogP contribution in [0.1, 0.15) is 27.7 Å². The Hall–Kier alpha value is -1.05. The summed E-state index contributed by atoms with van der Waals surface area (Å²) < 4.78 is 35.7. The fourth-order valence-corrected chi connectivity index (χ4v) is 3.69. The van der Waals surface area contributed by atoms with Gasteiger partial charge in [-0.05, 0) is 24.5 Å². The molecule has 0 fully saturated rings. The number of fused-ring (bicyclic) bond motifs is 1. The van der Waals surface area contributed by atoms with Gasteiger partial charge in [-0.25, -0.2) is 13.1 Å². The molecule has 0 aliphatic heterocycles. The van der Waals surface area contributed by atoms with Gasteiger partial charge in [-0.3, -0.25) is 0 Å². The van der Waals surface area contributed by atoms with Crippen LogP contribution >= 0.6 is 11.7 Å². The van der Waals surface area contributed by atoms with Crippen molar-refractivity contribution in [2.24, 2.45) is 5.41 Å². The number of aromatic nitrogens is 2. The fraction of sp³-hybridized carbons (Fsp3) is 0.500. The third kappa shape index (κ3) is 2.93. The molecule has 2 aromatic rings. The van der Waals surface area contributed by atoms with Crippen LogP contribution in [0.5, 0.6) is 0 Å². The molecule has 1 atom stereocenters. The predicted molar refractivity (Wildman–Crippen MR) is 76.7 cm³/mol. The first-order chi connectivity index (χ1) is 8.72. The molecule has 0 spiro atoms. The van der Waals surface area contributed by atoms with Crippen LogP contribution in [-0.4, -0.2) is 23.2 Å². The Balaban J connectivity index is 2.43. The molecule has 0 aliphatic carbocycles. The van der Waals surface area contributed by atoms with Gasteiger partial charge < -0.3 is 0 Å². The maximum absolute atomic E-state index is 12.4. The number of hydrogen-bond acceptors (Lipinski definition) is 5. The number of rotatable bonds is 3. The summed E-state index contributed by atoms with van der Waals surface area (Å²) in [5.41, 5.74) is 0.888. The molecule has 1 N–H and O–H groups in total. The SMILES string of the molecule is CC(NS(=O)(=O)c1cccc2nsnc12)C(C)(C)C. The Labute approximate surface area is 117 Å². The fourth-order valence-electron chi connectivity index (χ4n) is 1.47. The molecule has 0 saturated heterocycles. The quantitative estimate of drug-likeness (QED) is 0.944. The number of nitrogens with zero attached hydrogens (tertiary/aromatic N) is 2. The topological polar surface area (TPSA) is 72.0 Å². The van der Waals surface area contributed by atoms with Crippen LogP contribution in [0.3, 0.4) is 0 Å². The van der Waals surface area contributed by atoms with Crippen molar-refractivity contribution in [1.29, 1.82) is 0 Å². The van der Waals surface area contributed by atoms with E-state index in [1.165, 1.54) is 0 Å². The Morgan fingerprint density at radius 1 is 1.26 bits per heavy atom.